The second-order valence-corrected chi connectivity index (χ2v) is 4.51. The number of nitrogens with one attached hydrogen (secondary N) is 1. The Hall–Kier alpha value is -1.43. The number of aromatic nitrogens is 2. The maximum absolute atomic E-state index is 10.8. The molecule has 18 heavy (non-hydrogen) atoms. The van der Waals surface area contributed by atoms with E-state index in [1.54, 1.807) is 0 Å². The Kier molecular flexibility index (Phi) is 5.77. The van der Waals surface area contributed by atoms with Crippen LogP contribution < -0.4 is 5.32 Å². The minimum Gasteiger partial charge on any atom is -0.362 e. The van der Waals surface area contributed by atoms with Gasteiger partial charge in [-0.25, -0.2) is 4.98 Å². The molecule has 0 amide bonds. The SMILES string of the molecule is CCCCCC(C)Nc1nc(Cl)ncc1[N+](=O)[O-]. The van der Waals surface area contributed by atoms with Gasteiger partial charge in [-0.05, 0) is 24.9 Å². The largest absolute Gasteiger partial charge is 0.362 e. The second kappa shape index (κ2) is 7.10. The molecule has 0 radical (unpaired) electrons. The van der Waals surface area contributed by atoms with Gasteiger partial charge in [-0.1, -0.05) is 26.2 Å². The Labute approximate surface area is 111 Å². The van der Waals surface area contributed by atoms with Crippen molar-refractivity contribution in [3.05, 3.63) is 21.6 Å². The average molecular weight is 273 g/mol. The van der Waals surface area contributed by atoms with E-state index in [-0.39, 0.29) is 22.8 Å². The maximum Gasteiger partial charge on any atom is 0.329 e. The molecule has 0 bridgehead atoms. The Morgan fingerprint density at radius 1 is 1.56 bits per heavy atom. The van der Waals surface area contributed by atoms with Crippen molar-refractivity contribution < 1.29 is 4.92 Å². The van der Waals surface area contributed by atoms with Crippen molar-refractivity contribution in [3.63, 3.8) is 0 Å². The first kappa shape index (κ1) is 14.6. The molecule has 0 aliphatic carbocycles. The number of halogens is 1. The molecule has 0 aromatic carbocycles. The highest BCUT2D eigenvalue weighted by molar-refractivity contribution is 6.28. The van der Waals surface area contributed by atoms with E-state index in [1.165, 1.54) is 0 Å². The number of anilines is 1. The summed E-state index contributed by atoms with van der Waals surface area (Å²) >= 11 is 5.65. The third-order valence-electron chi connectivity index (χ3n) is 2.56. The quantitative estimate of drug-likeness (QED) is 0.356. The Bertz CT molecular complexity index is 414. The van der Waals surface area contributed by atoms with Gasteiger partial charge in [0.25, 0.3) is 0 Å². The number of hydrogen-bond acceptors (Lipinski definition) is 5. The molecule has 1 N–H and O–H groups in total. The summed E-state index contributed by atoms with van der Waals surface area (Å²) in [6, 6.07) is 0.112. The topological polar surface area (TPSA) is 81.0 Å². The molecular weight excluding hydrogens is 256 g/mol. The average Bonchev–Trinajstić information content (AvgIpc) is 2.29. The molecule has 0 aliphatic heterocycles. The van der Waals surface area contributed by atoms with Crippen molar-refractivity contribution in [2.45, 2.75) is 45.6 Å². The number of hydrogen-bond donors (Lipinski definition) is 1. The van der Waals surface area contributed by atoms with Gasteiger partial charge < -0.3 is 5.32 Å². The summed E-state index contributed by atoms with van der Waals surface area (Å²) in [5.74, 6) is 0.184. The standard InChI is InChI=1S/C11H17ClN4O2/c1-3-4-5-6-8(2)14-10-9(16(17)18)7-13-11(12)15-10/h7-8H,3-6H2,1-2H3,(H,13,14,15). The third kappa shape index (κ3) is 4.44. The van der Waals surface area contributed by atoms with E-state index in [9.17, 15) is 10.1 Å². The highest BCUT2D eigenvalue weighted by Crippen LogP contribution is 2.23. The summed E-state index contributed by atoms with van der Waals surface area (Å²) in [4.78, 5) is 17.8. The predicted octanol–water partition coefficient (Wildman–Crippen LogP) is 3.42. The van der Waals surface area contributed by atoms with Gasteiger partial charge in [-0.15, -0.1) is 0 Å². The van der Waals surface area contributed by atoms with Crippen LogP contribution in [0.15, 0.2) is 6.20 Å². The van der Waals surface area contributed by atoms with E-state index in [4.69, 9.17) is 11.6 Å². The molecule has 6 nitrogen and oxygen atoms in total. The van der Waals surface area contributed by atoms with Crippen molar-refractivity contribution >= 4 is 23.1 Å². The van der Waals surface area contributed by atoms with Crippen LogP contribution in [0.4, 0.5) is 11.5 Å². The summed E-state index contributed by atoms with van der Waals surface area (Å²) in [6.45, 7) is 4.10. The minimum absolute atomic E-state index is 0.00357. The molecule has 1 atom stereocenters. The Morgan fingerprint density at radius 3 is 2.89 bits per heavy atom. The van der Waals surface area contributed by atoms with Crippen molar-refractivity contribution in [1.82, 2.24) is 9.97 Å². The van der Waals surface area contributed by atoms with E-state index in [1.807, 2.05) is 6.92 Å². The van der Waals surface area contributed by atoms with Crippen LogP contribution in [0.3, 0.4) is 0 Å². The molecule has 1 heterocycles. The molecular formula is C11H17ClN4O2. The molecule has 100 valence electrons. The van der Waals surface area contributed by atoms with Gasteiger partial charge >= 0.3 is 5.69 Å². The fraction of sp³-hybridized carbons (Fsp3) is 0.636. The Balaban J connectivity index is 2.70. The fourth-order valence-corrected chi connectivity index (χ4v) is 1.73. The van der Waals surface area contributed by atoms with Gasteiger partial charge in [-0.3, -0.25) is 10.1 Å². The lowest BCUT2D eigenvalue weighted by Gasteiger charge is -2.13. The normalized spacial score (nSPS) is 12.2. The van der Waals surface area contributed by atoms with Crippen LogP contribution in [0.2, 0.25) is 5.28 Å². The van der Waals surface area contributed by atoms with Crippen LogP contribution in [0.25, 0.3) is 0 Å². The van der Waals surface area contributed by atoms with Crippen LogP contribution in [0.1, 0.15) is 39.5 Å². The molecule has 0 spiro atoms. The van der Waals surface area contributed by atoms with Crippen LogP contribution in [-0.2, 0) is 0 Å². The van der Waals surface area contributed by atoms with E-state index in [2.05, 4.69) is 22.2 Å². The van der Waals surface area contributed by atoms with E-state index in [0.29, 0.717) is 0 Å². The first-order valence-electron chi connectivity index (χ1n) is 5.98. The zero-order valence-corrected chi connectivity index (χ0v) is 11.3. The summed E-state index contributed by atoms with van der Waals surface area (Å²) in [5, 5.41) is 13.8. The maximum atomic E-state index is 10.8. The lowest BCUT2D eigenvalue weighted by molar-refractivity contribution is -0.384. The summed E-state index contributed by atoms with van der Waals surface area (Å²) in [5.41, 5.74) is -0.151. The van der Waals surface area contributed by atoms with Gasteiger partial charge in [0.15, 0.2) is 0 Å². The molecule has 0 saturated heterocycles. The van der Waals surface area contributed by atoms with Crippen molar-refractivity contribution in [3.8, 4) is 0 Å². The molecule has 1 rings (SSSR count). The van der Waals surface area contributed by atoms with E-state index >= 15 is 0 Å². The molecule has 1 unspecified atom stereocenters. The number of nitrogens with zero attached hydrogens (tertiary/aromatic N) is 3. The lowest BCUT2D eigenvalue weighted by atomic mass is 10.1. The fourth-order valence-electron chi connectivity index (χ4n) is 1.60. The summed E-state index contributed by atoms with van der Waals surface area (Å²) < 4.78 is 0. The van der Waals surface area contributed by atoms with Gasteiger partial charge in [-0.2, -0.15) is 4.98 Å². The van der Waals surface area contributed by atoms with Crippen LogP contribution in [-0.4, -0.2) is 20.9 Å². The van der Waals surface area contributed by atoms with E-state index < -0.39 is 4.92 Å². The number of rotatable bonds is 7. The lowest BCUT2D eigenvalue weighted by Crippen LogP contribution is -2.17. The minimum atomic E-state index is -0.516. The van der Waals surface area contributed by atoms with Gasteiger partial charge in [0.2, 0.25) is 11.1 Å². The second-order valence-electron chi connectivity index (χ2n) is 4.17. The van der Waals surface area contributed by atoms with Crippen LogP contribution in [0, 0.1) is 10.1 Å². The van der Waals surface area contributed by atoms with Crippen LogP contribution >= 0.6 is 11.6 Å². The monoisotopic (exact) mass is 272 g/mol. The van der Waals surface area contributed by atoms with Crippen molar-refractivity contribution in [2.75, 3.05) is 5.32 Å². The number of nitro groups is 1. The first-order chi connectivity index (χ1) is 8.54. The number of unbranched alkanes of at least 4 members (excludes halogenated alkanes) is 2. The molecule has 0 saturated carbocycles. The van der Waals surface area contributed by atoms with Crippen molar-refractivity contribution in [1.29, 1.82) is 0 Å². The van der Waals surface area contributed by atoms with E-state index in [0.717, 1.165) is 31.9 Å². The van der Waals surface area contributed by atoms with Crippen LogP contribution in [0.5, 0.6) is 0 Å². The first-order valence-corrected chi connectivity index (χ1v) is 6.35. The third-order valence-corrected chi connectivity index (χ3v) is 2.74. The highest BCUT2D eigenvalue weighted by atomic mass is 35.5. The predicted molar refractivity (Wildman–Crippen MR) is 70.9 cm³/mol. The highest BCUT2D eigenvalue weighted by Gasteiger charge is 2.18. The van der Waals surface area contributed by atoms with Gasteiger partial charge in [0.05, 0.1) is 4.92 Å². The van der Waals surface area contributed by atoms with Gasteiger partial charge in [0, 0.05) is 6.04 Å². The Morgan fingerprint density at radius 2 is 2.28 bits per heavy atom. The zero-order valence-electron chi connectivity index (χ0n) is 10.5. The smallest absolute Gasteiger partial charge is 0.329 e. The molecule has 7 heteroatoms. The molecule has 0 aliphatic rings. The van der Waals surface area contributed by atoms with Crippen molar-refractivity contribution in [2.24, 2.45) is 0 Å². The van der Waals surface area contributed by atoms with Gasteiger partial charge in [0.1, 0.15) is 6.20 Å². The molecule has 0 fully saturated rings. The molecule has 1 aromatic heterocycles. The molecule has 1 aromatic rings. The zero-order chi connectivity index (χ0) is 13.5. The summed E-state index contributed by atoms with van der Waals surface area (Å²) in [6.07, 6.45) is 5.44. The summed E-state index contributed by atoms with van der Waals surface area (Å²) in [7, 11) is 0.